The van der Waals surface area contributed by atoms with E-state index < -0.39 is 0 Å². The Balaban J connectivity index is 1.29. The smallest absolute Gasteiger partial charge is 0.228 e. The molecule has 3 aromatic heterocycles. The number of aromatic amines is 1. The molecule has 2 N–H and O–H groups in total. The summed E-state index contributed by atoms with van der Waals surface area (Å²) in [5.74, 6) is 1.41. The van der Waals surface area contributed by atoms with Crippen LogP contribution in [0.15, 0.2) is 54.7 Å². The minimum absolute atomic E-state index is 0.00221. The number of amides is 1. The van der Waals surface area contributed by atoms with Gasteiger partial charge in [0.1, 0.15) is 5.82 Å². The average molecular weight is 441 g/mol. The average Bonchev–Trinajstić information content (AvgIpc) is 3.44. The van der Waals surface area contributed by atoms with Crippen LogP contribution in [0.25, 0.3) is 10.9 Å². The minimum Gasteiger partial charge on any atom is -0.361 e. The summed E-state index contributed by atoms with van der Waals surface area (Å²) in [6.07, 6.45) is 5.15. The lowest BCUT2D eigenvalue weighted by Gasteiger charge is -2.24. The molecule has 1 amide bonds. The molecule has 1 atom stereocenters. The van der Waals surface area contributed by atoms with E-state index in [0.717, 1.165) is 48.4 Å². The number of anilines is 2. The standard InChI is InChI=1S/C26H28N6O/c1-17-15-18(2)29-26(28-17)31-24-11-5-9-22(30-24)23-10-6-14-32(23)25(33)13-12-19-16-27-21-8-4-3-7-20(19)21/h3-5,7-9,11,15-16,23,27H,6,10,12-14H2,1-2H3,(H,28,29,30,31)/t23-/m0/s1. The fourth-order valence-corrected chi connectivity index (χ4v) is 4.70. The van der Waals surface area contributed by atoms with Crippen molar-refractivity contribution in [2.75, 3.05) is 11.9 Å². The zero-order chi connectivity index (χ0) is 22.8. The third-order valence-corrected chi connectivity index (χ3v) is 6.19. The van der Waals surface area contributed by atoms with Gasteiger partial charge in [-0.3, -0.25) is 4.79 Å². The number of hydrogen-bond donors (Lipinski definition) is 2. The number of aromatic nitrogens is 4. The van der Waals surface area contributed by atoms with Crippen LogP contribution >= 0.6 is 0 Å². The van der Waals surface area contributed by atoms with Gasteiger partial charge in [-0.1, -0.05) is 24.3 Å². The summed E-state index contributed by atoms with van der Waals surface area (Å²) in [5, 5.41) is 4.41. The number of carbonyl (C=O) groups excluding carboxylic acids is 1. The molecule has 7 nitrogen and oxygen atoms in total. The van der Waals surface area contributed by atoms with Crippen LogP contribution in [0.4, 0.5) is 11.8 Å². The molecule has 1 aromatic carbocycles. The van der Waals surface area contributed by atoms with Gasteiger partial charge in [-0.15, -0.1) is 0 Å². The summed E-state index contributed by atoms with van der Waals surface area (Å²) in [4.78, 5) is 32.1. The Morgan fingerprint density at radius 2 is 1.91 bits per heavy atom. The third-order valence-electron chi connectivity index (χ3n) is 6.19. The van der Waals surface area contributed by atoms with Crippen molar-refractivity contribution in [1.82, 2.24) is 24.8 Å². The highest BCUT2D eigenvalue weighted by atomic mass is 16.2. The van der Waals surface area contributed by atoms with E-state index in [1.165, 1.54) is 10.9 Å². The van der Waals surface area contributed by atoms with Crippen molar-refractivity contribution >= 4 is 28.6 Å². The highest BCUT2D eigenvalue weighted by Crippen LogP contribution is 2.32. The van der Waals surface area contributed by atoms with Gasteiger partial charge in [-0.25, -0.2) is 15.0 Å². The van der Waals surface area contributed by atoms with Crippen molar-refractivity contribution < 1.29 is 4.79 Å². The number of nitrogens with one attached hydrogen (secondary N) is 2. The Kier molecular flexibility index (Phi) is 5.77. The second-order valence-corrected chi connectivity index (χ2v) is 8.65. The lowest BCUT2D eigenvalue weighted by Crippen LogP contribution is -2.31. The molecule has 0 radical (unpaired) electrons. The van der Waals surface area contributed by atoms with E-state index in [0.29, 0.717) is 18.2 Å². The number of rotatable bonds is 6. The summed E-state index contributed by atoms with van der Waals surface area (Å²) in [6.45, 7) is 4.67. The molecule has 0 unspecified atom stereocenters. The molecule has 1 aliphatic heterocycles. The predicted octanol–water partition coefficient (Wildman–Crippen LogP) is 5.01. The molecule has 0 bridgehead atoms. The first kappa shape index (κ1) is 21.1. The monoisotopic (exact) mass is 440 g/mol. The zero-order valence-corrected chi connectivity index (χ0v) is 19.0. The number of likely N-dealkylation sites (tertiary alicyclic amines) is 1. The van der Waals surface area contributed by atoms with Crippen LogP contribution in [0.1, 0.15) is 47.9 Å². The molecule has 7 heteroatoms. The lowest BCUT2D eigenvalue weighted by molar-refractivity contribution is -0.132. The Bertz CT molecular complexity index is 1280. The minimum atomic E-state index is 0.00221. The molecule has 1 fully saturated rings. The van der Waals surface area contributed by atoms with Gasteiger partial charge in [-0.2, -0.15) is 0 Å². The number of benzene rings is 1. The molecule has 4 aromatic rings. The number of hydrogen-bond acceptors (Lipinski definition) is 5. The fourth-order valence-electron chi connectivity index (χ4n) is 4.70. The van der Waals surface area contributed by atoms with E-state index in [2.05, 4.69) is 32.4 Å². The third kappa shape index (κ3) is 4.58. The fraction of sp³-hybridized carbons (Fsp3) is 0.308. The van der Waals surface area contributed by atoms with Gasteiger partial charge >= 0.3 is 0 Å². The SMILES string of the molecule is Cc1cc(C)nc(Nc2cccc([C@@H]3CCCN3C(=O)CCc3c[nH]c4ccccc34)n2)n1. The number of para-hydroxylation sites is 1. The molecular weight excluding hydrogens is 412 g/mol. The van der Waals surface area contributed by atoms with Crippen molar-refractivity contribution in [2.45, 2.75) is 45.6 Å². The first-order valence-corrected chi connectivity index (χ1v) is 11.5. The topological polar surface area (TPSA) is 86.8 Å². The van der Waals surface area contributed by atoms with Crippen molar-refractivity contribution in [3.63, 3.8) is 0 Å². The quantitative estimate of drug-likeness (QED) is 0.440. The summed E-state index contributed by atoms with van der Waals surface area (Å²) in [5.41, 5.74) is 5.02. The van der Waals surface area contributed by atoms with E-state index in [4.69, 9.17) is 4.98 Å². The van der Waals surface area contributed by atoms with Crippen molar-refractivity contribution in [3.05, 3.63) is 77.4 Å². The highest BCUT2D eigenvalue weighted by Gasteiger charge is 2.30. The van der Waals surface area contributed by atoms with E-state index in [9.17, 15) is 4.79 Å². The van der Waals surface area contributed by atoms with Crippen LogP contribution in [0.5, 0.6) is 0 Å². The second kappa shape index (κ2) is 9.02. The van der Waals surface area contributed by atoms with Gasteiger partial charge in [-0.05, 0) is 62.9 Å². The number of pyridine rings is 1. The second-order valence-electron chi connectivity index (χ2n) is 8.65. The maximum atomic E-state index is 13.2. The van der Waals surface area contributed by atoms with Gasteiger partial charge < -0.3 is 15.2 Å². The Hall–Kier alpha value is -3.74. The molecule has 0 aliphatic carbocycles. The predicted molar refractivity (Wildman–Crippen MR) is 129 cm³/mol. The maximum absolute atomic E-state index is 13.2. The van der Waals surface area contributed by atoms with Crippen molar-refractivity contribution in [3.8, 4) is 0 Å². The summed E-state index contributed by atoms with van der Waals surface area (Å²) < 4.78 is 0. The number of nitrogens with zero attached hydrogens (tertiary/aromatic N) is 4. The van der Waals surface area contributed by atoms with Crippen LogP contribution in [-0.4, -0.2) is 37.3 Å². The van der Waals surface area contributed by atoms with Gasteiger partial charge in [0, 0.05) is 41.5 Å². The molecule has 1 aliphatic rings. The van der Waals surface area contributed by atoms with Gasteiger partial charge in [0.15, 0.2) is 0 Å². The van der Waals surface area contributed by atoms with E-state index in [1.54, 1.807) is 0 Å². The first-order chi connectivity index (χ1) is 16.1. The van der Waals surface area contributed by atoms with E-state index in [1.807, 2.05) is 61.3 Å². The van der Waals surface area contributed by atoms with Gasteiger partial charge in [0.25, 0.3) is 0 Å². The van der Waals surface area contributed by atoms with Crippen molar-refractivity contribution in [1.29, 1.82) is 0 Å². The molecule has 0 saturated carbocycles. The molecule has 168 valence electrons. The number of fused-ring (bicyclic) bond motifs is 1. The first-order valence-electron chi connectivity index (χ1n) is 11.5. The van der Waals surface area contributed by atoms with Gasteiger partial charge in [0.05, 0.1) is 11.7 Å². The molecular formula is C26H28N6O. The Labute approximate surface area is 193 Å². The lowest BCUT2D eigenvalue weighted by atomic mass is 10.1. The number of aryl methyl sites for hydroxylation is 3. The number of carbonyl (C=O) groups is 1. The van der Waals surface area contributed by atoms with Crippen molar-refractivity contribution in [2.24, 2.45) is 0 Å². The van der Waals surface area contributed by atoms with Gasteiger partial charge in [0.2, 0.25) is 11.9 Å². The summed E-state index contributed by atoms with van der Waals surface area (Å²) in [7, 11) is 0. The summed E-state index contributed by atoms with van der Waals surface area (Å²) in [6, 6.07) is 16.0. The van der Waals surface area contributed by atoms with Crippen LogP contribution in [0.2, 0.25) is 0 Å². The summed E-state index contributed by atoms with van der Waals surface area (Å²) >= 11 is 0. The van der Waals surface area contributed by atoms with Crippen LogP contribution in [0, 0.1) is 13.8 Å². The van der Waals surface area contributed by atoms with Crippen LogP contribution < -0.4 is 5.32 Å². The molecule has 0 spiro atoms. The van der Waals surface area contributed by atoms with E-state index >= 15 is 0 Å². The maximum Gasteiger partial charge on any atom is 0.228 e. The molecule has 5 rings (SSSR count). The Morgan fingerprint density at radius 3 is 2.76 bits per heavy atom. The molecule has 1 saturated heterocycles. The largest absolute Gasteiger partial charge is 0.361 e. The normalized spacial score (nSPS) is 15.8. The van der Waals surface area contributed by atoms with E-state index in [-0.39, 0.29) is 11.9 Å². The number of H-pyrrole nitrogens is 1. The highest BCUT2D eigenvalue weighted by molar-refractivity contribution is 5.84. The van der Waals surface area contributed by atoms with Crippen LogP contribution in [-0.2, 0) is 11.2 Å². The van der Waals surface area contributed by atoms with Crippen LogP contribution in [0.3, 0.4) is 0 Å². The Morgan fingerprint density at radius 1 is 1.09 bits per heavy atom. The molecule has 33 heavy (non-hydrogen) atoms. The zero-order valence-electron chi connectivity index (χ0n) is 19.0. The molecule has 4 heterocycles.